The fourth-order valence-electron chi connectivity index (χ4n) is 6.49. The van der Waals surface area contributed by atoms with Crippen LogP contribution in [0.3, 0.4) is 0 Å². The number of nitrogens with zero attached hydrogens (tertiary/aromatic N) is 2. The van der Waals surface area contributed by atoms with E-state index in [0.29, 0.717) is 0 Å². The van der Waals surface area contributed by atoms with Crippen molar-refractivity contribution < 1.29 is 0 Å². The minimum Gasteiger partial charge on any atom is -0.310 e. The highest BCUT2D eigenvalue weighted by atomic mass is 79.9. The van der Waals surface area contributed by atoms with Gasteiger partial charge in [-0.3, -0.25) is 0 Å². The molecule has 7 rings (SSSR count). The van der Waals surface area contributed by atoms with Crippen LogP contribution in [0, 0.1) is 13.8 Å². The molecule has 0 saturated heterocycles. The summed E-state index contributed by atoms with van der Waals surface area (Å²) in [7, 11) is 6.08. The summed E-state index contributed by atoms with van der Waals surface area (Å²) in [6.45, 7) is 8.95. The summed E-state index contributed by atoms with van der Waals surface area (Å²) >= 11 is 3.61. The van der Waals surface area contributed by atoms with Crippen LogP contribution in [0.4, 0.5) is 34.1 Å². The van der Waals surface area contributed by atoms with Crippen molar-refractivity contribution in [3.8, 4) is 11.1 Å². The Morgan fingerprint density at radius 1 is 0.467 bits per heavy atom. The molecular formula is C41H34BBrN2. The smallest absolute Gasteiger partial charge is 0.113 e. The summed E-state index contributed by atoms with van der Waals surface area (Å²) in [4.78, 5) is 4.66. The van der Waals surface area contributed by atoms with Gasteiger partial charge in [0.1, 0.15) is 7.85 Å². The number of benzene rings is 6. The van der Waals surface area contributed by atoms with Crippen molar-refractivity contribution in [1.82, 2.24) is 0 Å². The van der Waals surface area contributed by atoms with Gasteiger partial charge in [0.15, 0.2) is 0 Å². The predicted octanol–water partition coefficient (Wildman–Crippen LogP) is 11.1. The second kappa shape index (κ2) is 11.4. The molecule has 45 heavy (non-hydrogen) atoms. The second-order valence-corrected chi connectivity index (χ2v) is 13.4. The average molecular weight is 645 g/mol. The minimum atomic E-state index is -0.199. The van der Waals surface area contributed by atoms with Crippen LogP contribution in [-0.2, 0) is 5.41 Å². The van der Waals surface area contributed by atoms with Crippen LogP contribution in [-0.4, -0.2) is 7.85 Å². The molecule has 0 spiro atoms. The quantitative estimate of drug-likeness (QED) is 0.166. The van der Waals surface area contributed by atoms with Gasteiger partial charge in [0.25, 0.3) is 0 Å². The summed E-state index contributed by atoms with van der Waals surface area (Å²) in [5.74, 6) is 0. The number of aryl methyl sites for hydroxylation is 2. The topological polar surface area (TPSA) is 6.48 Å². The zero-order valence-electron chi connectivity index (χ0n) is 26.1. The minimum absolute atomic E-state index is 0.199. The van der Waals surface area contributed by atoms with Gasteiger partial charge in [-0.25, -0.2) is 0 Å². The van der Waals surface area contributed by atoms with Gasteiger partial charge in [0, 0.05) is 44.0 Å². The van der Waals surface area contributed by atoms with Gasteiger partial charge in [-0.2, -0.15) is 0 Å². The van der Waals surface area contributed by atoms with Crippen molar-refractivity contribution in [2.24, 2.45) is 0 Å². The third kappa shape index (κ3) is 5.38. The maximum Gasteiger partial charge on any atom is 0.113 e. The summed E-state index contributed by atoms with van der Waals surface area (Å²) < 4.78 is 1.06. The number of halogens is 1. The van der Waals surface area contributed by atoms with Crippen molar-refractivity contribution >= 4 is 63.4 Å². The SMILES string of the molecule is [B]c1ccc(N(c2ccc(C)cc2)c2ccc3c(c2)C(C)(C)c2cc(N(c4ccc(C)cc4)c4ccc(Br)cc4)ccc2-3)cc1. The zero-order chi connectivity index (χ0) is 31.3. The van der Waals surface area contributed by atoms with Gasteiger partial charge in [0.05, 0.1) is 0 Å². The van der Waals surface area contributed by atoms with Gasteiger partial charge in [-0.05, 0) is 121 Å². The molecule has 2 radical (unpaired) electrons. The first kappa shape index (κ1) is 29.2. The average Bonchev–Trinajstić information content (AvgIpc) is 3.26. The van der Waals surface area contributed by atoms with E-state index in [-0.39, 0.29) is 5.41 Å². The van der Waals surface area contributed by atoms with Crippen LogP contribution in [0.25, 0.3) is 11.1 Å². The van der Waals surface area contributed by atoms with Crippen LogP contribution in [0.1, 0.15) is 36.1 Å². The number of hydrogen-bond donors (Lipinski definition) is 0. The summed E-state index contributed by atoms with van der Waals surface area (Å²) in [5.41, 5.74) is 15.0. The molecule has 2 nitrogen and oxygen atoms in total. The Morgan fingerprint density at radius 2 is 0.800 bits per heavy atom. The molecule has 0 aromatic heterocycles. The standard InChI is InChI=1S/C41H34BBrN2/c1-27-5-13-31(14-6-27)44(33-17-9-29(42)10-18-33)35-21-23-37-38-24-22-36(26-40(38)41(3,4)39(37)25-35)45(32-15-7-28(2)8-16-32)34-19-11-30(43)12-20-34/h5-26H,1-4H3. The first-order valence-corrected chi connectivity index (χ1v) is 16.1. The maximum absolute atomic E-state index is 6.08. The molecule has 1 aliphatic rings. The monoisotopic (exact) mass is 644 g/mol. The van der Waals surface area contributed by atoms with E-state index >= 15 is 0 Å². The third-order valence-corrected chi connectivity index (χ3v) is 9.51. The Morgan fingerprint density at radius 3 is 1.20 bits per heavy atom. The highest BCUT2D eigenvalue weighted by Gasteiger charge is 2.36. The third-order valence-electron chi connectivity index (χ3n) is 8.98. The molecule has 0 fully saturated rings. The molecule has 0 atom stereocenters. The summed E-state index contributed by atoms with van der Waals surface area (Å²) in [5, 5.41) is 0. The first-order valence-electron chi connectivity index (χ1n) is 15.3. The lowest BCUT2D eigenvalue weighted by Crippen LogP contribution is -2.18. The molecule has 0 aliphatic heterocycles. The van der Waals surface area contributed by atoms with Crippen molar-refractivity contribution in [3.05, 3.63) is 160 Å². The molecule has 6 aromatic rings. The molecule has 6 aromatic carbocycles. The number of hydrogen-bond acceptors (Lipinski definition) is 2. The van der Waals surface area contributed by atoms with Crippen LogP contribution >= 0.6 is 15.9 Å². The predicted molar refractivity (Wildman–Crippen MR) is 196 cm³/mol. The van der Waals surface area contributed by atoms with E-state index in [1.54, 1.807) is 0 Å². The van der Waals surface area contributed by atoms with Crippen molar-refractivity contribution in [2.75, 3.05) is 9.80 Å². The van der Waals surface area contributed by atoms with Gasteiger partial charge in [0.2, 0.25) is 0 Å². The molecule has 1 aliphatic carbocycles. The molecule has 0 saturated carbocycles. The first-order chi connectivity index (χ1) is 21.7. The Bertz CT molecular complexity index is 1760. The Labute approximate surface area is 276 Å². The molecule has 4 heteroatoms. The largest absolute Gasteiger partial charge is 0.310 e. The molecule has 0 N–H and O–H groups in total. The molecule has 0 bridgehead atoms. The summed E-state index contributed by atoms with van der Waals surface area (Å²) in [6.07, 6.45) is 0. The highest BCUT2D eigenvalue weighted by molar-refractivity contribution is 9.10. The Hall–Kier alpha value is -4.54. The number of anilines is 6. The number of fused-ring (bicyclic) bond motifs is 3. The van der Waals surface area contributed by atoms with E-state index in [2.05, 4.69) is 175 Å². The van der Waals surface area contributed by atoms with Crippen molar-refractivity contribution in [3.63, 3.8) is 0 Å². The van der Waals surface area contributed by atoms with Gasteiger partial charge in [-0.1, -0.05) is 94.9 Å². The molecule has 218 valence electrons. The van der Waals surface area contributed by atoms with E-state index in [9.17, 15) is 0 Å². The van der Waals surface area contributed by atoms with E-state index in [1.165, 1.54) is 33.4 Å². The normalized spacial score (nSPS) is 12.8. The van der Waals surface area contributed by atoms with Crippen molar-refractivity contribution in [2.45, 2.75) is 33.1 Å². The molecule has 0 amide bonds. The molecular weight excluding hydrogens is 611 g/mol. The van der Waals surface area contributed by atoms with E-state index < -0.39 is 0 Å². The second-order valence-electron chi connectivity index (χ2n) is 12.5. The zero-order valence-corrected chi connectivity index (χ0v) is 27.6. The van der Waals surface area contributed by atoms with Crippen LogP contribution < -0.4 is 15.3 Å². The van der Waals surface area contributed by atoms with Gasteiger partial charge >= 0.3 is 0 Å². The lowest BCUT2D eigenvalue weighted by Gasteiger charge is -2.29. The van der Waals surface area contributed by atoms with Gasteiger partial charge in [-0.15, -0.1) is 0 Å². The highest BCUT2D eigenvalue weighted by Crippen LogP contribution is 2.52. The number of rotatable bonds is 6. The summed E-state index contributed by atoms with van der Waals surface area (Å²) in [6, 6.07) is 48.0. The Kier molecular flexibility index (Phi) is 7.42. The van der Waals surface area contributed by atoms with Crippen LogP contribution in [0.15, 0.2) is 138 Å². The molecule has 0 unspecified atom stereocenters. The Balaban J connectivity index is 1.33. The van der Waals surface area contributed by atoms with Crippen LogP contribution in [0.2, 0.25) is 0 Å². The fraction of sp³-hybridized carbons (Fsp3) is 0.122. The fourth-order valence-corrected chi connectivity index (χ4v) is 6.75. The molecule has 0 heterocycles. The van der Waals surface area contributed by atoms with E-state index in [1.807, 2.05) is 12.1 Å². The lowest BCUT2D eigenvalue weighted by atomic mass is 9.82. The lowest BCUT2D eigenvalue weighted by molar-refractivity contribution is 0.660. The van der Waals surface area contributed by atoms with Gasteiger partial charge < -0.3 is 9.80 Å². The van der Waals surface area contributed by atoms with E-state index in [4.69, 9.17) is 7.85 Å². The van der Waals surface area contributed by atoms with E-state index in [0.717, 1.165) is 44.1 Å². The maximum atomic E-state index is 6.08. The van der Waals surface area contributed by atoms with Crippen LogP contribution in [0.5, 0.6) is 0 Å². The van der Waals surface area contributed by atoms with Crippen molar-refractivity contribution in [1.29, 1.82) is 0 Å².